The molecule has 0 aliphatic heterocycles. The summed E-state index contributed by atoms with van der Waals surface area (Å²) in [6, 6.07) is 0. The second-order valence-corrected chi connectivity index (χ2v) is 3.29. The van der Waals surface area contributed by atoms with Crippen LogP contribution < -0.4 is 0 Å². The predicted octanol–water partition coefficient (Wildman–Crippen LogP) is 1.72. The molecule has 6 nitrogen and oxygen atoms in total. The first-order chi connectivity index (χ1) is 7.11. The fourth-order valence-corrected chi connectivity index (χ4v) is 1.42. The highest BCUT2D eigenvalue weighted by atomic mass is 35.5. The third kappa shape index (κ3) is 1.48. The third-order valence-corrected chi connectivity index (χ3v) is 2.18. The number of rotatable bonds is 2. The van der Waals surface area contributed by atoms with Crippen molar-refractivity contribution in [2.45, 2.75) is 6.92 Å². The lowest BCUT2D eigenvalue weighted by molar-refractivity contribution is 0.0698. The molecule has 0 saturated carbocycles. The zero-order chi connectivity index (χ0) is 11.0. The van der Waals surface area contributed by atoms with Crippen molar-refractivity contribution in [3.05, 3.63) is 22.5 Å². The lowest BCUT2D eigenvalue weighted by Gasteiger charge is -1.94. The normalized spacial score (nSPS) is 10.5. The smallest absolute Gasteiger partial charge is 0.341 e. The molecular formula is C8H6ClN3O3. The zero-order valence-corrected chi connectivity index (χ0v) is 8.37. The van der Waals surface area contributed by atoms with Crippen molar-refractivity contribution < 1.29 is 14.4 Å². The van der Waals surface area contributed by atoms with Crippen LogP contribution in [-0.2, 0) is 0 Å². The van der Waals surface area contributed by atoms with Gasteiger partial charge in [-0.15, -0.1) is 0 Å². The van der Waals surface area contributed by atoms with Crippen molar-refractivity contribution in [2.75, 3.05) is 0 Å². The topological polar surface area (TPSA) is 92.0 Å². The maximum atomic E-state index is 10.9. The average Bonchev–Trinajstić information content (AvgIpc) is 2.71. The molecule has 7 heteroatoms. The van der Waals surface area contributed by atoms with E-state index >= 15 is 0 Å². The molecule has 2 N–H and O–H groups in total. The minimum atomic E-state index is -1.16. The van der Waals surface area contributed by atoms with E-state index in [4.69, 9.17) is 21.2 Å². The third-order valence-electron chi connectivity index (χ3n) is 1.91. The van der Waals surface area contributed by atoms with Gasteiger partial charge in [0.1, 0.15) is 28.4 Å². The fraction of sp³-hybridized carbons (Fsp3) is 0.125. The molecule has 78 valence electrons. The van der Waals surface area contributed by atoms with Crippen LogP contribution in [0.1, 0.15) is 15.9 Å². The van der Waals surface area contributed by atoms with Crippen molar-refractivity contribution in [2.24, 2.45) is 0 Å². The molecule has 0 aliphatic carbocycles. The number of H-pyrrole nitrogens is 1. The number of halogens is 1. The molecule has 0 bridgehead atoms. The molecule has 0 unspecified atom stereocenters. The molecule has 0 spiro atoms. The molecule has 15 heavy (non-hydrogen) atoms. The molecule has 2 aromatic rings. The summed E-state index contributed by atoms with van der Waals surface area (Å²) in [7, 11) is 0. The van der Waals surface area contributed by atoms with Gasteiger partial charge in [0.05, 0.1) is 0 Å². The van der Waals surface area contributed by atoms with E-state index in [0.717, 1.165) is 0 Å². The summed E-state index contributed by atoms with van der Waals surface area (Å²) >= 11 is 5.65. The summed E-state index contributed by atoms with van der Waals surface area (Å²) in [5.41, 5.74) is 1.14. The molecule has 0 fully saturated rings. The van der Waals surface area contributed by atoms with Crippen LogP contribution in [0.5, 0.6) is 0 Å². The Hall–Kier alpha value is -1.82. The number of aromatic nitrogens is 3. The lowest BCUT2D eigenvalue weighted by atomic mass is 10.1. The highest BCUT2D eigenvalue weighted by molar-refractivity contribution is 6.33. The molecule has 2 rings (SSSR count). The van der Waals surface area contributed by atoms with Crippen LogP contribution in [-0.4, -0.2) is 26.4 Å². The largest absolute Gasteiger partial charge is 0.477 e. The van der Waals surface area contributed by atoms with Crippen molar-refractivity contribution >= 4 is 17.6 Å². The molecule has 2 aromatic heterocycles. The Bertz CT molecular complexity index is 517. The van der Waals surface area contributed by atoms with Crippen LogP contribution in [0.15, 0.2) is 10.8 Å². The average molecular weight is 228 g/mol. The van der Waals surface area contributed by atoms with Crippen LogP contribution in [0.4, 0.5) is 0 Å². The number of nitrogens with one attached hydrogen (secondary N) is 1. The summed E-state index contributed by atoms with van der Waals surface area (Å²) in [6.07, 6.45) is 1.41. The van der Waals surface area contributed by atoms with E-state index in [1.807, 2.05) is 0 Å². The highest BCUT2D eigenvalue weighted by Crippen LogP contribution is 2.27. The Labute approximate surface area is 88.8 Å². The monoisotopic (exact) mass is 227 g/mol. The molecule has 2 heterocycles. The second-order valence-electron chi connectivity index (χ2n) is 2.91. The number of nitrogens with zero attached hydrogens (tertiary/aromatic N) is 2. The van der Waals surface area contributed by atoms with E-state index in [1.54, 1.807) is 6.92 Å². The van der Waals surface area contributed by atoms with Gasteiger partial charge in [0, 0.05) is 5.56 Å². The van der Waals surface area contributed by atoms with Crippen LogP contribution in [0, 0.1) is 6.92 Å². The van der Waals surface area contributed by atoms with Gasteiger partial charge in [-0.25, -0.2) is 4.79 Å². The summed E-state index contributed by atoms with van der Waals surface area (Å²) in [4.78, 5) is 10.9. The number of hydrogen-bond donors (Lipinski definition) is 2. The van der Waals surface area contributed by atoms with E-state index < -0.39 is 5.97 Å². The maximum Gasteiger partial charge on any atom is 0.341 e. The van der Waals surface area contributed by atoms with Gasteiger partial charge in [0.15, 0.2) is 0 Å². The van der Waals surface area contributed by atoms with Crippen molar-refractivity contribution in [1.82, 2.24) is 15.4 Å². The van der Waals surface area contributed by atoms with Gasteiger partial charge >= 0.3 is 5.97 Å². The van der Waals surface area contributed by atoms with Crippen LogP contribution in [0.3, 0.4) is 0 Å². The number of aryl methyl sites for hydroxylation is 1. The van der Waals surface area contributed by atoms with E-state index in [1.165, 1.54) is 6.26 Å². The first kappa shape index (κ1) is 9.72. The van der Waals surface area contributed by atoms with E-state index in [0.29, 0.717) is 11.3 Å². The van der Waals surface area contributed by atoms with Crippen LogP contribution in [0.25, 0.3) is 11.4 Å². The molecule has 0 aliphatic rings. The first-order valence-corrected chi connectivity index (χ1v) is 4.37. The highest BCUT2D eigenvalue weighted by Gasteiger charge is 2.23. The van der Waals surface area contributed by atoms with Gasteiger partial charge in [0.2, 0.25) is 0 Å². The fourth-order valence-electron chi connectivity index (χ4n) is 1.20. The number of aromatic carboxylic acids is 1. The molecule has 0 radical (unpaired) electrons. The minimum Gasteiger partial charge on any atom is -0.477 e. The van der Waals surface area contributed by atoms with Crippen LogP contribution in [0.2, 0.25) is 5.15 Å². The van der Waals surface area contributed by atoms with Crippen molar-refractivity contribution in [3.63, 3.8) is 0 Å². The summed E-state index contributed by atoms with van der Waals surface area (Å²) in [5.74, 6) is -1.16. The number of aromatic amines is 1. The quantitative estimate of drug-likeness (QED) is 0.815. The Morgan fingerprint density at radius 1 is 1.60 bits per heavy atom. The Morgan fingerprint density at radius 2 is 2.33 bits per heavy atom. The van der Waals surface area contributed by atoms with E-state index in [2.05, 4.69) is 15.4 Å². The van der Waals surface area contributed by atoms with E-state index in [-0.39, 0.29) is 16.4 Å². The Kier molecular flexibility index (Phi) is 2.20. The lowest BCUT2D eigenvalue weighted by Crippen LogP contribution is -1.98. The summed E-state index contributed by atoms with van der Waals surface area (Å²) in [6.45, 7) is 1.74. The Balaban J connectivity index is 2.64. The van der Waals surface area contributed by atoms with Gasteiger partial charge in [-0.2, -0.15) is 5.10 Å². The van der Waals surface area contributed by atoms with Gasteiger partial charge in [-0.1, -0.05) is 16.8 Å². The minimum absolute atomic E-state index is 0.0279. The standard InChI is InChI=1S/C8H6ClN3O3/c1-3-2-15-12-5(3)6-4(8(13)14)7(9)11-10-6/h2H,1H3,(H,10,11)(H,13,14). The second kappa shape index (κ2) is 3.39. The maximum absolute atomic E-state index is 10.9. The molecule has 0 saturated heterocycles. The predicted molar refractivity (Wildman–Crippen MR) is 50.8 cm³/mol. The van der Waals surface area contributed by atoms with Gasteiger partial charge in [0.25, 0.3) is 0 Å². The number of hydrogen-bond acceptors (Lipinski definition) is 4. The molecule has 0 atom stereocenters. The zero-order valence-electron chi connectivity index (χ0n) is 7.61. The number of carbonyl (C=O) groups is 1. The number of carboxylic acid groups (broad SMARTS) is 1. The van der Waals surface area contributed by atoms with E-state index in [9.17, 15) is 4.79 Å². The van der Waals surface area contributed by atoms with Gasteiger partial charge in [-0.05, 0) is 6.92 Å². The first-order valence-electron chi connectivity index (χ1n) is 3.99. The van der Waals surface area contributed by atoms with Crippen molar-refractivity contribution in [1.29, 1.82) is 0 Å². The molecular weight excluding hydrogens is 222 g/mol. The van der Waals surface area contributed by atoms with Crippen LogP contribution >= 0.6 is 11.6 Å². The summed E-state index contributed by atoms with van der Waals surface area (Å²) < 4.78 is 4.70. The van der Waals surface area contributed by atoms with Gasteiger partial charge in [-0.3, -0.25) is 5.10 Å². The molecule has 0 aromatic carbocycles. The van der Waals surface area contributed by atoms with Gasteiger partial charge < -0.3 is 9.63 Å². The van der Waals surface area contributed by atoms with Crippen molar-refractivity contribution in [3.8, 4) is 11.4 Å². The summed E-state index contributed by atoms with van der Waals surface area (Å²) in [5, 5.41) is 18.7. The molecule has 0 amide bonds. The Morgan fingerprint density at radius 3 is 2.87 bits per heavy atom. The SMILES string of the molecule is Cc1conc1-c1n[nH]c(Cl)c1C(=O)O. The number of carboxylic acids is 1.